The molecule has 1 aromatic rings. The fourth-order valence-corrected chi connectivity index (χ4v) is 3.31. The molecule has 1 fully saturated rings. The first-order valence-corrected chi connectivity index (χ1v) is 7.58. The molecule has 1 aromatic carbocycles. The zero-order chi connectivity index (χ0) is 13.8. The Bertz CT molecular complexity index is 406. The molecule has 2 unspecified atom stereocenters. The van der Waals surface area contributed by atoms with Crippen molar-refractivity contribution in [3.05, 3.63) is 23.8 Å². The maximum absolute atomic E-state index is 5.75. The van der Waals surface area contributed by atoms with Gasteiger partial charge in [-0.25, -0.2) is 0 Å². The summed E-state index contributed by atoms with van der Waals surface area (Å²) in [5.41, 5.74) is 2.40. The van der Waals surface area contributed by atoms with Crippen molar-refractivity contribution < 1.29 is 4.74 Å². The fraction of sp³-hybridized carbons (Fsp3) is 0.647. The molecule has 1 N–H and O–H groups in total. The normalized spacial score (nSPS) is 27.1. The molecule has 0 spiro atoms. The van der Waals surface area contributed by atoms with Gasteiger partial charge in [-0.3, -0.25) is 0 Å². The first-order valence-electron chi connectivity index (χ1n) is 7.58. The van der Waals surface area contributed by atoms with Crippen LogP contribution in [-0.2, 0) is 0 Å². The maximum atomic E-state index is 5.75. The summed E-state index contributed by atoms with van der Waals surface area (Å²) >= 11 is 0. The van der Waals surface area contributed by atoms with Crippen LogP contribution in [0.4, 0.5) is 5.69 Å². The maximum Gasteiger partial charge on any atom is 0.142 e. The Morgan fingerprint density at radius 1 is 1.16 bits per heavy atom. The molecule has 0 amide bonds. The Morgan fingerprint density at radius 3 is 2.47 bits per heavy atom. The molecule has 0 aliphatic heterocycles. The number of nitrogens with one attached hydrogen (secondary N) is 1. The highest BCUT2D eigenvalue weighted by Crippen LogP contribution is 2.33. The summed E-state index contributed by atoms with van der Waals surface area (Å²) in [7, 11) is 0. The Labute approximate surface area is 117 Å². The van der Waals surface area contributed by atoms with Crippen LogP contribution in [0.15, 0.2) is 18.2 Å². The molecule has 1 saturated carbocycles. The second kappa shape index (κ2) is 6.31. The quantitative estimate of drug-likeness (QED) is 0.853. The number of ether oxygens (including phenoxy) is 1. The van der Waals surface area contributed by atoms with Crippen molar-refractivity contribution in [3.63, 3.8) is 0 Å². The topological polar surface area (TPSA) is 21.3 Å². The molecule has 1 aliphatic carbocycles. The number of hydrogen-bond donors (Lipinski definition) is 1. The predicted molar refractivity (Wildman–Crippen MR) is 81.9 cm³/mol. The summed E-state index contributed by atoms with van der Waals surface area (Å²) in [5, 5.41) is 3.70. The standard InChI is InChI=1S/C17H27NO/c1-5-19-17-11-12(2)6-7-16(17)18-15-9-13(3)8-14(4)10-15/h6-7,11,13-15,18H,5,8-10H2,1-4H3. The SMILES string of the molecule is CCOc1cc(C)ccc1NC1CC(C)CC(C)C1. The van der Waals surface area contributed by atoms with E-state index >= 15 is 0 Å². The van der Waals surface area contributed by atoms with E-state index in [-0.39, 0.29) is 0 Å². The van der Waals surface area contributed by atoms with Gasteiger partial charge in [-0.05, 0) is 62.6 Å². The third-order valence-electron chi connectivity index (χ3n) is 3.98. The minimum Gasteiger partial charge on any atom is -0.492 e. The predicted octanol–water partition coefficient (Wildman–Crippen LogP) is 4.63. The number of hydrogen-bond acceptors (Lipinski definition) is 2. The van der Waals surface area contributed by atoms with Gasteiger partial charge in [-0.15, -0.1) is 0 Å². The van der Waals surface area contributed by atoms with Crippen molar-refractivity contribution in [1.82, 2.24) is 0 Å². The van der Waals surface area contributed by atoms with Crippen molar-refractivity contribution in [2.24, 2.45) is 11.8 Å². The van der Waals surface area contributed by atoms with E-state index < -0.39 is 0 Å². The Kier molecular flexibility index (Phi) is 4.73. The van der Waals surface area contributed by atoms with Gasteiger partial charge in [0.1, 0.15) is 5.75 Å². The highest BCUT2D eigenvalue weighted by Gasteiger charge is 2.24. The van der Waals surface area contributed by atoms with Gasteiger partial charge in [0.25, 0.3) is 0 Å². The highest BCUT2D eigenvalue weighted by atomic mass is 16.5. The van der Waals surface area contributed by atoms with Gasteiger partial charge < -0.3 is 10.1 Å². The molecular weight excluding hydrogens is 234 g/mol. The van der Waals surface area contributed by atoms with Crippen LogP contribution in [0.2, 0.25) is 0 Å². The van der Waals surface area contributed by atoms with Gasteiger partial charge in [-0.1, -0.05) is 19.9 Å². The minimum atomic E-state index is 0.584. The van der Waals surface area contributed by atoms with E-state index in [0.29, 0.717) is 6.04 Å². The lowest BCUT2D eigenvalue weighted by molar-refractivity contribution is 0.279. The summed E-state index contributed by atoms with van der Waals surface area (Å²) in [4.78, 5) is 0. The van der Waals surface area contributed by atoms with E-state index in [2.05, 4.69) is 44.3 Å². The zero-order valence-corrected chi connectivity index (χ0v) is 12.7. The summed E-state index contributed by atoms with van der Waals surface area (Å²) in [5.74, 6) is 2.64. The second-order valence-corrected chi connectivity index (χ2v) is 6.19. The molecule has 106 valence electrons. The van der Waals surface area contributed by atoms with Crippen molar-refractivity contribution in [2.75, 3.05) is 11.9 Å². The van der Waals surface area contributed by atoms with Crippen molar-refractivity contribution in [2.45, 2.75) is 53.0 Å². The molecule has 0 radical (unpaired) electrons. The Morgan fingerprint density at radius 2 is 1.84 bits per heavy atom. The third-order valence-corrected chi connectivity index (χ3v) is 3.98. The van der Waals surface area contributed by atoms with Gasteiger partial charge >= 0.3 is 0 Å². The molecule has 0 heterocycles. The molecular formula is C17H27NO. The van der Waals surface area contributed by atoms with Gasteiger partial charge in [0.15, 0.2) is 0 Å². The third kappa shape index (κ3) is 3.89. The van der Waals surface area contributed by atoms with Crippen molar-refractivity contribution >= 4 is 5.69 Å². The van der Waals surface area contributed by atoms with E-state index in [4.69, 9.17) is 4.74 Å². The molecule has 0 bridgehead atoms. The fourth-order valence-electron chi connectivity index (χ4n) is 3.31. The number of rotatable bonds is 4. The van der Waals surface area contributed by atoms with Crippen molar-refractivity contribution in [3.8, 4) is 5.75 Å². The van der Waals surface area contributed by atoms with Crippen LogP contribution < -0.4 is 10.1 Å². The molecule has 2 nitrogen and oxygen atoms in total. The van der Waals surface area contributed by atoms with Crippen LogP contribution in [0.1, 0.15) is 45.6 Å². The molecule has 2 rings (SSSR count). The lowest BCUT2D eigenvalue weighted by atomic mass is 9.80. The van der Waals surface area contributed by atoms with Crippen LogP contribution in [0, 0.1) is 18.8 Å². The zero-order valence-electron chi connectivity index (χ0n) is 12.7. The Balaban J connectivity index is 2.09. The average Bonchev–Trinajstić information content (AvgIpc) is 2.32. The van der Waals surface area contributed by atoms with Gasteiger partial charge in [0.2, 0.25) is 0 Å². The van der Waals surface area contributed by atoms with E-state index in [1.807, 2.05) is 6.92 Å². The summed E-state index contributed by atoms with van der Waals surface area (Å²) in [6.45, 7) is 9.59. The van der Waals surface area contributed by atoms with Gasteiger partial charge in [0, 0.05) is 6.04 Å². The summed E-state index contributed by atoms with van der Waals surface area (Å²) in [6, 6.07) is 7.02. The first kappa shape index (κ1) is 14.2. The van der Waals surface area contributed by atoms with E-state index in [9.17, 15) is 0 Å². The number of benzene rings is 1. The lowest BCUT2D eigenvalue weighted by Crippen LogP contribution is -2.30. The van der Waals surface area contributed by atoms with Crippen LogP contribution >= 0.6 is 0 Å². The van der Waals surface area contributed by atoms with E-state index in [1.165, 1.54) is 24.8 Å². The summed E-state index contributed by atoms with van der Waals surface area (Å²) in [6.07, 6.45) is 3.90. The lowest BCUT2D eigenvalue weighted by Gasteiger charge is -2.33. The average molecular weight is 261 g/mol. The molecule has 1 aliphatic rings. The molecule has 2 heteroatoms. The number of aryl methyl sites for hydroxylation is 1. The second-order valence-electron chi connectivity index (χ2n) is 6.19. The van der Waals surface area contributed by atoms with Gasteiger partial charge in [-0.2, -0.15) is 0 Å². The largest absolute Gasteiger partial charge is 0.492 e. The molecule has 0 saturated heterocycles. The number of anilines is 1. The minimum absolute atomic E-state index is 0.584. The first-order chi connectivity index (χ1) is 9.08. The monoisotopic (exact) mass is 261 g/mol. The summed E-state index contributed by atoms with van der Waals surface area (Å²) < 4.78 is 5.75. The van der Waals surface area contributed by atoms with E-state index in [1.54, 1.807) is 0 Å². The van der Waals surface area contributed by atoms with E-state index in [0.717, 1.165) is 29.9 Å². The highest BCUT2D eigenvalue weighted by molar-refractivity contribution is 5.58. The van der Waals surface area contributed by atoms with Crippen LogP contribution in [0.25, 0.3) is 0 Å². The van der Waals surface area contributed by atoms with Crippen molar-refractivity contribution in [1.29, 1.82) is 0 Å². The smallest absolute Gasteiger partial charge is 0.142 e. The molecule has 2 atom stereocenters. The Hall–Kier alpha value is -1.18. The molecule has 0 aromatic heterocycles. The van der Waals surface area contributed by atoms with Crippen LogP contribution in [0.5, 0.6) is 5.75 Å². The van der Waals surface area contributed by atoms with Crippen LogP contribution in [-0.4, -0.2) is 12.6 Å². The van der Waals surface area contributed by atoms with Crippen LogP contribution in [0.3, 0.4) is 0 Å². The molecule has 19 heavy (non-hydrogen) atoms. The van der Waals surface area contributed by atoms with Gasteiger partial charge in [0.05, 0.1) is 12.3 Å².